The first-order valence-electron chi connectivity index (χ1n) is 4.47. The number of hydrogen-bond acceptors (Lipinski definition) is 1. The summed E-state index contributed by atoms with van der Waals surface area (Å²) < 4.78 is 4.58. The Bertz CT molecular complexity index is 111. The molecule has 0 bridgehead atoms. The van der Waals surface area contributed by atoms with Gasteiger partial charge in [0.25, 0.3) is 0 Å². The van der Waals surface area contributed by atoms with E-state index >= 15 is 0 Å². The molecule has 1 aromatic rings. The van der Waals surface area contributed by atoms with Crippen molar-refractivity contribution in [2.45, 2.75) is 38.5 Å². The van der Waals surface area contributed by atoms with Crippen LogP contribution in [0.15, 0.2) is 29.1 Å². The Morgan fingerprint density at radius 3 is 1.18 bits per heavy atom. The summed E-state index contributed by atoms with van der Waals surface area (Å²) in [7, 11) is 0. The Morgan fingerprint density at radius 1 is 0.636 bits per heavy atom. The maximum absolute atomic E-state index is 4.58. The molecule has 0 atom stereocenters. The fourth-order valence-corrected chi connectivity index (χ4v) is 1.29. The van der Waals surface area contributed by atoms with E-state index in [2.05, 4.69) is 4.42 Å². The van der Waals surface area contributed by atoms with Gasteiger partial charge in [0.1, 0.15) is 0 Å². The predicted molar refractivity (Wildman–Crippen MR) is 46.4 cm³/mol. The zero-order chi connectivity index (χ0) is 7.78. The van der Waals surface area contributed by atoms with Crippen LogP contribution in [0.2, 0.25) is 0 Å². The fraction of sp³-hybridized carbons (Fsp3) is 0.600. The lowest BCUT2D eigenvalue weighted by Gasteiger charge is -2.05. The summed E-state index contributed by atoms with van der Waals surface area (Å²) in [6.07, 6.45) is 12.2. The molecule has 1 aliphatic rings. The van der Waals surface area contributed by atoms with Gasteiger partial charge in [0, 0.05) is 0 Å². The highest BCUT2D eigenvalue weighted by molar-refractivity contribution is 4.79. The fourth-order valence-electron chi connectivity index (χ4n) is 1.29. The maximum Gasteiger partial charge on any atom is 0.0902 e. The molecule has 0 spiro atoms. The SMILES string of the molecule is C1CCCCC1.c1ccoc1. The molecule has 1 nitrogen and oxygen atoms in total. The molecular weight excluding hydrogens is 136 g/mol. The minimum atomic E-state index is 1.50. The van der Waals surface area contributed by atoms with Crippen molar-refractivity contribution in [2.24, 2.45) is 0 Å². The molecule has 1 saturated carbocycles. The number of rotatable bonds is 0. The lowest BCUT2D eigenvalue weighted by Crippen LogP contribution is -1.85. The quantitative estimate of drug-likeness (QED) is 0.553. The third kappa shape index (κ3) is 4.65. The van der Waals surface area contributed by atoms with E-state index in [1.54, 1.807) is 12.5 Å². The van der Waals surface area contributed by atoms with Crippen molar-refractivity contribution in [1.29, 1.82) is 0 Å². The molecule has 0 N–H and O–H groups in total. The Kier molecular flexibility index (Phi) is 4.58. The molecule has 1 heteroatoms. The van der Waals surface area contributed by atoms with Gasteiger partial charge in [-0.25, -0.2) is 0 Å². The van der Waals surface area contributed by atoms with Gasteiger partial charge in [-0.3, -0.25) is 0 Å². The summed E-state index contributed by atoms with van der Waals surface area (Å²) in [5.41, 5.74) is 0. The standard InChI is InChI=1S/C6H12.C4H4O/c1-2-4-6-5-3-1;1-2-4-5-3-1/h1-6H2;1-4H. The molecule has 1 aliphatic carbocycles. The third-order valence-corrected chi connectivity index (χ3v) is 1.93. The van der Waals surface area contributed by atoms with Crippen LogP contribution in [0.25, 0.3) is 0 Å². The Balaban J connectivity index is 0.000000112. The Hall–Kier alpha value is -0.720. The van der Waals surface area contributed by atoms with Gasteiger partial charge in [0.15, 0.2) is 0 Å². The molecule has 1 heterocycles. The van der Waals surface area contributed by atoms with E-state index < -0.39 is 0 Å². The molecule has 0 aromatic carbocycles. The zero-order valence-electron chi connectivity index (χ0n) is 6.96. The Labute approximate surface area is 68.4 Å². The van der Waals surface area contributed by atoms with E-state index in [4.69, 9.17) is 0 Å². The van der Waals surface area contributed by atoms with Crippen molar-refractivity contribution in [2.75, 3.05) is 0 Å². The lowest BCUT2D eigenvalue weighted by atomic mass is 10.0. The molecule has 0 amide bonds. The zero-order valence-corrected chi connectivity index (χ0v) is 6.96. The van der Waals surface area contributed by atoms with Crippen molar-refractivity contribution in [3.63, 3.8) is 0 Å². The minimum Gasteiger partial charge on any atom is -0.473 e. The van der Waals surface area contributed by atoms with Crippen molar-refractivity contribution in [3.05, 3.63) is 24.7 Å². The first-order valence-corrected chi connectivity index (χ1v) is 4.47. The molecule has 0 radical (unpaired) electrons. The summed E-state index contributed by atoms with van der Waals surface area (Å²) in [4.78, 5) is 0. The molecule has 0 aliphatic heterocycles. The van der Waals surface area contributed by atoms with Crippen LogP contribution < -0.4 is 0 Å². The maximum atomic E-state index is 4.58. The molecule has 11 heavy (non-hydrogen) atoms. The molecule has 1 aromatic heterocycles. The summed E-state index contributed by atoms with van der Waals surface area (Å²) in [5.74, 6) is 0. The first-order chi connectivity index (χ1) is 5.50. The highest BCUT2D eigenvalue weighted by Gasteiger charge is 1.95. The van der Waals surface area contributed by atoms with Gasteiger partial charge in [-0.1, -0.05) is 38.5 Å². The Morgan fingerprint density at radius 2 is 1.00 bits per heavy atom. The molecule has 1 fully saturated rings. The van der Waals surface area contributed by atoms with Gasteiger partial charge in [-0.2, -0.15) is 0 Å². The van der Waals surface area contributed by atoms with Gasteiger partial charge in [0.2, 0.25) is 0 Å². The summed E-state index contributed by atoms with van der Waals surface area (Å²) in [5, 5.41) is 0. The van der Waals surface area contributed by atoms with E-state index in [9.17, 15) is 0 Å². The van der Waals surface area contributed by atoms with Crippen LogP contribution in [-0.2, 0) is 0 Å². The first kappa shape index (κ1) is 8.38. The smallest absolute Gasteiger partial charge is 0.0902 e. The third-order valence-electron chi connectivity index (χ3n) is 1.93. The van der Waals surface area contributed by atoms with Crippen LogP contribution >= 0.6 is 0 Å². The highest BCUT2D eigenvalue weighted by atomic mass is 16.3. The second-order valence-electron chi connectivity index (χ2n) is 2.91. The van der Waals surface area contributed by atoms with Gasteiger partial charge in [-0.15, -0.1) is 0 Å². The van der Waals surface area contributed by atoms with Gasteiger partial charge < -0.3 is 4.42 Å². The molecule has 2 rings (SSSR count). The highest BCUT2D eigenvalue weighted by Crippen LogP contribution is 2.15. The van der Waals surface area contributed by atoms with E-state index in [0.29, 0.717) is 0 Å². The molecule has 62 valence electrons. The average Bonchev–Trinajstić information content (AvgIpc) is 2.64. The van der Waals surface area contributed by atoms with Crippen LogP contribution in [-0.4, -0.2) is 0 Å². The minimum absolute atomic E-state index is 1.50. The van der Waals surface area contributed by atoms with Crippen LogP contribution in [0.1, 0.15) is 38.5 Å². The van der Waals surface area contributed by atoms with Crippen LogP contribution in [0, 0.1) is 0 Å². The van der Waals surface area contributed by atoms with Crippen molar-refractivity contribution in [3.8, 4) is 0 Å². The van der Waals surface area contributed by atoms with Crippen LogP contribution in [0.3, 0.4) is 0 Å². The monoisotopic (exact) mass is 152 g/mol. The van der Waals surface area contributed by atoms with Crippen LogP contribution in [0.5, 0.6) is 0 Å². The molecular formula is C10H16O. The average molecular weight is 152 g/mol. The summed E-state index contributed by atoms with van der Waals surface area (Å²) in [6.45, 7) is 0. The summed E-state index contributed by atoms with van der Waals surface area (Å²) in [6, 6.07) is 3.67. The topological polar surface area (TPSA) is 13.1 Å². The van der Waals surface area contributed by atoms with E-state index in [1.165, 1.54) is 38.5 Å². The molecule has 0 unspecified atom stereocenters. The normalized spacial score (nSPS) is 16.7. The van der Waals surface area contributed by atoms with Crippen molar-refractivity contribution < 1.29 is 4.42 Å². The van der Waals surface area contributed by atoms with Crippen LogP contribution in [0.4, 0.5) is 0 Å². The van der Waals surface area contributed by atoms with E-state index in [0.717, 1.165) is 0 Å². The predicted octanol–water partition coefficient (Wildman–Crippen LogP) is 3.62. The van der Waals surface area contributed by atoms with Gasteiger partial charge in [0.05, 0.1) is 12.5 Å². The second-order valence-corrected chi connectivity index (χ2v) is 2.91. The largest absolute Gasteiger partial charge is 0.473 e. The second kappa shape index (κ2) is 6.02. The van der Waals surface area contributed by atoms with Gasteiger partial charge in [-0.05, 0) is 12.1 Å². The summed E-state index contributed by atoms with van der Waals surface area (Å²) >= 11 is 0. The van der Waals surface area contributed by atoms with E-state index in [-0.39, 0.29) is 0 Å². The number of furan rings is 1. The molecule has 0 saturated heterocycles. The van der Waals surface area contributed by atoms with Gasteiger partial charge >= 0.3 is 0 Å². The lowest BCUT2D eigenvalue weighted by molar-refractivity contribution is 0.504. The number of hydrogen-bond donors (Lipinski definition) is 0. The van der Waals surface area contributed by atoms with E-state index in [1.807, 2.05) is 12.1 Å². The van der Waals surface area contributed by atoms with Crippen molar-refractivity contribution >= 4 is 0 Å². The van der Waals surface area contributed by atoms with Crippen molar-refractivity contribution in [1.82, 2.24) is 0 Å².